The third kappa shape index (κ3) is 7.30. The number of nitrogens with one attached hydrogen (secondary N) is 1. The van der Waals surface area contributed by atoms with Gasteiger partial charge in [0.05, 0.1) is 19.3 Å². The van der Waals surface area contributed by atoms with Crippen LogP contribution in [0.15, 0.2) is 29.3 Å². The van der Waals surface area contributed by atoms with Crippen LogP contribution in [-0.4, -0.2) is 73.9 Å². The molecular formula is C25H41IN4O2. The maximum Gasteiger partial charge on any atom is 0.194 e. The molecule has 0 aliphatic carbocycles. The van der Waals surface area contributed by atoms with Crippen LogP contribution >= 0.6 is 24.0 Å². The molecule has 1 N–H and O–H groups in total. The van der Waals surface area contributed by atoms with Crippen molar-refractivity contribution < 1.29 is 9.47 Å². The summed E-state index contributed by atoms with van der Waals surface area (Å²) in [7, 11) is 0. The Morgan fingerprint density at radius 2 is 1.78 bits per heavy atom. The quantitative estimate of drug-likeness (QED) is 0.328. The minimum absolute atomic E-state index is 0. The lowest BCUT2D eigenvalue weighted by Gasteiger charge is -2.37. The van der Waals surface area contributed by atoms with Gasteiger partial charge in [-0.2, -0.15) is 0 Å². The predicted octanol–water partition coefficient (Wildman–Crippen LogP) is 3.88. The number of hydrogen-bond donors (Lipinski definition) is 1. The van der Waals surface area contributed by atoms with E-state index >= 15 is 0 Å². The highest BCUT2D eigenvalue weighted by molar-refractivity contribution is 14.0. The van der Waals surface area contributed by atoms with Crippen molar-refractivity contribution >= 4 is 29.9 Å². The van der Waals surface area contributed by atoms with Gasteiger partial charge in [0.15, 0.2) is 5.96 Å². The lowest BCUT2D eigenvalue weighted by molar-refractivity contribution is -0.0817. The number of halogens is 1. The first kappa shape index (κ1) is 25.7. The Morgan fingerprint density at radius 1 is 1.00 bits per heavy atom. The molecule has 32 heavy (non-hydrogen) atoms. The van der Waals surface area contributed by atoms with E-state index in [-0.39, 0.29) is 36.2 Å². The number of guanidine groups is 1. The van der Waals surface area contributed by atoms with Gasteiger partial charge in [0.25, 0.3) is 0 Å². The summed E-state index contributed by atoms with van der Waals surface area (Å²) >= 11 is 0. The van der Waals surface area contributed by atoms with E-state index in [1.165, 1.54) is 37.1 Å². The zero-order valence-corrected chi connectivity index (χ0v) is 22.1. The van der Waals surface area contributed by atoms with Gasteiger partial charge in [-0.1, -0.05) is 31.2 Å². The summed E-state index contributed by atoms with van der Waals surface area (Å²) in [5.41, 5.74) is 2.66. The van der Waals surface area contributed by atoms with Crippen LogP contribution in [0.25, 0.3) is 0 Å². The number of morpholine rings is 1. The van der Waals surface area contributed by atoms with Crippen molar-refractivity contribution in [3.63, 3.8) is 0 Å². The van der Waals surface area contributed by atoms with Crippen LogP contribution in [-0.2, 0) is 22.6 Å². The van der Waals surface area contributed by atoms with Crippen LogP contribution in [0.2, 0.25) is 0 Å². The molecule has 3 unspecified atom stereocenters. The average Bonchev–Trinajstić information content (AvgIpc) is 3.33. The number of benzene rings is 1. The zero-order valence-electron chi connectivity index (χ0n) is 19.8. The molecular weight excluding hydrogens is 515 g/mol. The van der Waals surface area contributed by atoms with Crippen molar-refractivity contribution in [3.8, 4) is 0 Å². The fraction of sp³-hybridized carbons (Fsp3) is 0.720. The van der Waals surface area contributed by atoms with Crippen LogP contribution in [0.5, 0.6) is 0 Å². The number of piperidine rings is 1. The summed E-state index contributed by atoms with van der Waals surface area (Å²) in [6, 6.07) is 9.03. The van der Waals surface area contributed by atoms with Gasteiger partial charge in [-0.15, -0.1) is 24.0 Å². The summed E-state index contributed by atoms with van der Waals surface area (Å²) < 4.78 is 11.9. The van der Waals surface area contributed by atoms with E-state index in [0.717, 1.165) is 64.1 Å². The normalized spacial score (nSPS) is 27.2. The molecule has 3 aliphatic rings. The number of nitrogens with zero attached hydrogens (tertiary/aromatic N) is 3. The van der Waals surface area contributed by atoms with E-state index in [0.29, 0.717) is 6.54 Å². The molecule has 0 amide bonds. The maximum absolute atomic E-state index is 6.01. The van der Waals surface area contributed by atoms with Crippen LogP contribution < -0.4 is 5.32 Å². The molecule has 4 rings (SSSR count). The van der Waals surface area contributed by atoms with Crippen molar-refractivity contribution in [2.75, 3.05) is 45.9 Å². The number of aliphatic imine (C=N–C) groups is 1. The molecule has 0 spiro atoms. The van der Waals surface area contributed by atoms with E-state index in [2.05, 4.69) is 53.2 Å². The summed E-state index contributed by atoms with van der Waals surface area (Å²) in [5, 5.41) is 3.48. The molecule has 7 heteroatoms. The van der Waals surface area contributed by atoms with Gasteiger partial charge >= 0.3 is 0 Å². The summed E-state index contributed by atoms with van der Waals surface area (Å²) in [6.07, 6.45) is 5.34. The molecule has 0 saturated carbocycles. The highest BCUT2D eigenvalue weighted by atomic mass is 127. The Labute approximate surface area is 211 Å². The van der Waals surface area contributed by atoms with Gasteiger partial charge in [0.2, 0.25) is 0 Å². The summed E-state index contributed by atoms with van der Waals surface area (Å²) in [5.74, 6) is 1.81. The molecule has 1 aromatic carbocycles. The lowest BCUT2D eigenvalue weighted by atomic mass is 9.99. The molecule has 1 aromatic rings. The molecule has 6 nitrogen and oxygen atoms in total. The van der Waals surface area contributed by atoms with E-state index in [1.54, 1.807) is 0 Å². The number of rotatable bonds is 6. The van der Waals surface area contributed by atoms with Gasteiger partial charge in [-0.05, 0) is 56.2 Å². The topological polar surface area (TPSA) is 49.3 Å². The van der Waals surface area contributed by atoms with E-state index in [4.69, 9.17) is 14.5 Å². The van der Waals surface area contributed by atoms with E-state index in [9.17, 15) is 0 Å². The zero-order chi connectivity index (χ0) is 21.5. The molecule has 3 atom stereocenters. The van der Waals surface area contributed by atoms with Crippen molar-refractivity contribution in [1.82, 2.24) is 15.1 Å². The predicted molar refractivity (Wildman–Crippen MR) is 141 cm³/mol. The van der Waals surface area contributed by atoms with Crippen LogP contribution in [0.3, 0.4) is 0 Å². The Bertz CT molecular complexity index is 708. The Balaban J connectivity index is 0.00000289. The fourth-order valence-corrected chi connectivity index (χ4v) is 5.02. The van der Waals surface area contributed by atoms with E-state index in [1.807, 2.05) is 0 Å². The Hall–Kier alpha value is -0.900. The molecule has 180 valence electrons. The molecule has 0 radical (unpaired) electrons. The average molecular weight is 557 g/mol. The van der Waals surface area contributed by atoms with Crippen LogP contribution in [0.1, 0.15) is 50.7 Å². The van der Waals surface area contributed by atoms with Gasteiger partial charge in [0.1, 0.15) is 6.10 Å². The summed E-state index contributed by atoms with van der Waals surface area (Å²) in [4.78, 5) is 9.88. The Kier molecular flexibility index (Phi) is 10.5. The van der Waals surface area contributed by atoms with Crippen molar-refractivity contribution in [2.45, 2.75) is 64.8 Å². The molecule has 0 bridgehead atoms. The molecule has 3 saturated heterocycles. The number of ether oxygens (including phenoxy) is 2. The molecule has 3 aliphatic heterocycles. The van der Waals surface area contributed by atoms with Gasteiger partial charge in [-0.3, -0.25) is 4.90 Å². The van der Waals surface area contributed by atoms with Crippen molar-refractivity contribution in [2.24, 2.45) is 10.9 Å². The van der Waals surface area contributed by atoms with Crippen LogP contribution in [0.4, 0.5) is 0 Å². The Morgan fingerprint density at radius 3 is 2.50 bits per heavy atom. The number of likely N-dealkylation sites (tertiary alicyclic amines) is 1. The molecule has 3 fully saturated rings. The van der Waals surface area contributed by atoms with E-state index < -0.39 is 0 Å². The fourth-order valence-electron chi connectivity index (χ4n) is 5.02. The second-order valence-electron chi connectivity index (χ2n) is 9.38. The first-order chi connectivity index (χ1) is 15.2. The second kappa shape index (κ2) is 13.1. The largest absolute Gasteiger partial charge is 0.375 e. The highest BCUT2D eigenvalue weighted by Gasteiger charge is 2.32. The minimum Gasteiger partial charge on any atom is -0.375 e. The first-order valence-electron chi connectivity index (χ1n) is 12.3. The second-order valence-corrected chi connectivity index (χ2v) is 9.38. The third-order valence-electron chi connectivity index (χ3n) is 6.69. The SMILES string of the molecule is CCNC(=NCc1ccc(CN2CCCC(C)C2)cc1)N1CCOC(C2CCCO2)C1.I. The maximum atomic E-state index is 6.01. The first-order valence-corrected chi connectivity index (χ1v) is 12.3. The van der Waals surface area contributed by atoms with Gasteiger partial charge < -0.3 is 19.7 Å². The van der Waals surface area contributed by atoms with Crippen LogP contribution in [0, 0.1) is 5.92 Å². The standard InChI is InChI=1S/C25H40N4O2.HI/c1-3-26-25(29-13-15-31-24(19-29)23-7-5-14-30-23)27-16-21-8-10-22(11-9-21)18-28-12-4-6-20(2)17-28;/h8-11,20,23-24H,3-7,12-19H2,1-2H3,(H,26,27);1H. The number of hydrogen-bond acceptors (Lipinski definition) is 4. The smallest absolute Gasteiger partial charge is 0.194 e. The minimum atomic E-state index is 0. The highest BCUT2D eigenvalue weighted by Crippen LogP contribution is 2.21. The monoisotopic (exact) mass is 556 g/mol. The molecule has 0 aromatic heterocycles. The van der Waals surface area contributed by atoms with Crippen molar-refractivity contribution in [1.29, 1.82) is 0 Å². The third-order valence-corrected chi connectivity index (χ3v) is 6.69. The lowest BCUT2D eigenvalue weighted by Crippen LogP contribution is -2.53. The molecule has 3 heterocycles. The van der Waals surface area contributed by atoms with Gasteiger partial charge in [0, 0.05) is 39.3 Å². The summed E-state index contributed by atoms with van der Waals surface area (Å²) in [6.45, 7) is 12.9. The van der Waals surface area contributed by atoms with Crippen molar-refractivity contribution in [3.05, 3.63) is 35.4 Å². The van der Waals surface area contributed by atoms with Gasteiger partial charge in [-0.25, -0.2) is 4.99 Å².